The number of amides is 1. The van der Waals surface area contributed by atoms with Crippen molar-refractivity contribution < 1.29 is 9.53 Å². The third kappa shape index (κ3) is 11.6. The Bertz CT molecular complexity index is 541. The van der Waals surface area contributed by atoms with Crippen LogP contribution in [0.4, 0.5) is 4.79 Å². The van der Waals surface area contributed by atoms with Gasteiger partial charge in [0.05, 0.1) is 0 Å². The molecule has 2 saturated carbocycles. The molecule has 5 nitrogen and oxygen atoms in total. The standard InChI is InChI=1S/C15H21NO2.C10H22N2/c17-15(16-11-13-7-3-1-4-8-13)18-12-14-9-5-2-6-10-14;1-11-8-5-9-12-10-6-3-2-4-7-10/h2,5-6,9-10,13H,1,3-4,7-8,11-12H2,(H,16,17);10-12H,2-9H2,1H3. The van der Waals surface area contributed by atoms with E-state index in [4.69, 9.17) is 4.74 Å². The summed E-state index contributed by atoms with van der Waals surface area (Å²) in [5.41, 5.74) is 1.02. The molecule has 0 aliphatic heterocycles. The van der Waals surface area contributed by atoms with Gasteiger partial charge < -0.3 is 20.7 Å². The maximum atomic E-state index is 11.5. The molecule has 2 fully saturated rings. The van der Waals surface area contributed by atoms with Crippen LogP contribution in [0.1, 0.15) is 76.2 Å². The highest BCUT2D eigenvalue weighted by Gasteiger charge is 2.14. The van der Waals surface area contributed by atoms with Gasteiger partial charge in [-0.05, 0) is 63.7 Å². The van der Waals surface area contributed by atoms with E-state index in [9.17, 15) is 4.79 Å². The summed E-state index contributed by atoms with van der Waals surface area (Å²) in [6.45, 7) is 3.43. The van der Waals surface area contributed by atoms with Crippen molar-refractivity contribution in [1.82, 2.24) is 16.0 Å². The number of nitrogens with one attached hydrogen (secondary N) is 3. The topological polar surface area (TPSA) is 62.4 Å². The maximum absolute atomic E-state index is 11.5. The largest absolute Gasteiger partial charge is 0.445 e. The van der Waals surface area contributed by atoms with Crippen molar-refractivity contribution >= 4 is 6.09 Å². The van der Waals surface area contributed by atoms with Crippen molar-refractivity contribution in [2.24, 2.45) is 5.92 Å². The number of ether oxygens (including phenoxy) is 1. The third-order valence-electron chi connectivity index (χ3n) is 6.11. The fourth-order valence-electron chi connectivity index (χ4n) is 4.27. The summed E-state index contributed by atoms with van der Waals surface area (Å²) >= 11 is 0. The molecule has 0 aromatic heterocycles. The predicted molar refractivity (Wildman–Crippen MR) is 125 cm³/mol. The average molecular weight is 418 g/mol. The minimum absolute atomic E-state index is 0.301. The number of rotatable bonds is 9. The molecule has 0 radical (unpaired) electrons. The summed E-state index contributed by atoms with van der Waals surface area (Å²) in [7, 11) is 2.01. The number of benzene rings is 1. The summed E-state index contributed by atoms with van der Waals surface area (Å²) < 4.78 is 5.17. The Morgan fingerprint density at radius 1 is 0.933 bits per heavy atom. The van der Waals surface area contributed by atoms with Gasteiger partial charge in [0.2, 0.25) is 0 Å². The summed E-state index contributed by atoms with van der Waals surface area (Å²) in [6, 6.07) is 10.6. The molecular weight excluding hydrogens is 374 g/mol. The molecule has 0 saturated heterocycles. The van der Waals surface area contributed by atoms with Crippen LogP contribution in [-0.4, -0.2) is 38.8 Å². The van der Waals surface area contributed by atoms with Crippen LogP contribution in [0.5, 0.6) is 0 Å². The second-order valence-corrected chi connectivity index (χ2v) is 8.69. The average Bonchev–Trinajstić information content (AvgIpc) is 2.82. The van der Waals surface area contributed by atoms with Crippen LogP contribution < -0.4 is 16.0 Å². The zero-order valence-corrected chi connectivity index (χ0v) is 19.0. The molecule has 3 N–H and O–H groups in total. The first-order valence-electron chi connectivity index (χ1n) is 12.1. The number of hydrogen-bond donors (Lipinski definition) is 3. The molecule has 0 spiro atoms. The fraction of sp³-hybridized carbons (Fsp3) is 0.720. The Balaban J connectivity index is 0.000000232. The van der Waals surface area contributed by atoms with E-state index in [-0.39, 0.29) is 6.09 Å². The lowest BCUT2D eigenvalue weighted by atomic mass is 9.89. The van der Waals surface area contributed by atoms with E-state index in [1.807, 2.05) is 37.4 Å². The van der Waals surface area contributed by atoms with Gasteiger partial charge in [-0.15, -0.1) is 0 Å². The van der Waals surface area contributed by atoms with Gasteiger partial charge in [-0.25, -0.2) is 4.79 Å². The van der Waals surface area contributed by atoms with Crippen molar-refractivity contribution in [3.8, 4) is 0 Å². The van der Waals surface area contributed by atoms with Gasteiger partial charge in [0.25, 0.3) is 0 Å². The molecule has 5 heteroatoms. The van der Waals surface area contributed by atoms with Gasteiger partial charge in [0, 0.05) is 12.6 Å². The Hall–Kier alpha value is -1.59. The lowest BCUT2D eigenvalue weighted by molar-refractivity contribution is 0.137. The maximum Gasteiger partial charge on any atom is 0.407 e. The van der Waals surface area contributed by atoms with Gasteiger partial charge in [-0.2, -0.15) is 0 Å². The Morgan fingerprint density at radius 2 is 1.60 bits per heavy atom. The smallest absolute Gasteiger partial charge is 0.407 e. The van der Waals surface area contributed by atoms with Gasteiger partial charge in [-0.3, -0.25) is 0 Å². The molecule has 0 heterocycles. The highest BCUT2D eigenvalue weighted by molar-refractivity contribution is 5.67. The molecule has 0 unspecified atom stereocenters. The Kier molecular flexibility index (Phi) is 13.3. The number of carbonyl (C=O) groups excluding carboxylic acids is 1. The van der Waals surface area contributed by atoms with Crippen LogP contribution in [0.25, 0.3) is 0 Å². The molecule has 2 aliphatic rings. The lowest BCUT2D eigenvalue weighted by Gasteiger charge is -2.22. The zero-order chi connectivity index (χ0) is 21.3. The van der Waals surface area contributed by atoms with Crippen LogP contribution in [0.3, 0.4) is 0 Å². The second kappa shape index (κ2) is 16.1. The first-order valence-corrected chi connectivity index (χ1v) is 12.1. The minimum atomic E-state index is -0.301. The Labute approximate surface area is 183 Å². The van der Waals surface area contributed by atoms with Crippen LogP contribution in [-0.2, 0) is 11.3 Å². The quantitative estimate of drug-likeness (QED) is 0.494. The molecular formula is C25H43N3O2. The SMILES string of the molecule is CNCCCNC1CCCCC1.O=C(NCC1CCCCC1)OCc1ccccc1. The van der Waals surface area contributed by atoms with Gasteiger partial charge in [-0.1, -0.05) is 68.9 Å². The molecule has 0 atom stereocenters. The third-order valence-corrected chi connectivity index (χ3v) is 6.11. The summed E-state index contributed by atoms with van der Waals surface area (Å²) in [5.74, 6) is 0.642. The van der Waals surface area contributed by atoms with Crippen LogP contribution in [0, 0.1) is 5.92 Å². The van der Waals surface area contributed by atoms with Crippen molar-refractivity contribution in [3.63, 3.8) is 0 Å². The van der Waals surface area contributed by atoms with E-state index >= 15 is 0 Å². The number of carbonyl (C=O) groups is 1. The van der Waals surface area contributed by atoms with Crippen molar-refractivity contribution in [1.29, 1.82) is 0 Å². The van der Waals surface area contributed by atoms with Crippen LogP contribution >= 0.6 is 0 Å². The summed E-state index contributed by atoms with van der Waals surface area (Å²) in [4.78, 5) is 11.5. The van der Waals surface area contributed by atoms with Crippen molar-refractivity contribution in [2.45, 2.75) is 83.3 Å². The number of alkyl carbamates (subject to hydrolysis) is 1. The Morgan fingerprint density at radius 3 is 2.27 bits per heavy atom. The predicted octanol–water partition coefficient (Wildman–Crippen LogP) is 5.01. The van der Waals surface area contributed by atoms with Crippen LogP contribution in [0.2, 0.25) is 0 Å². The molecule has 0 bridgehead atoms. The second-order valence-electron chi connectivity index (χ2n) is 8.69. The lowest BCUT2D eigenvalue weighted by Crippen LogP contribution is -2.32. The summed E-state index contributed by atoms with van der Waals surface area (Å²) in [6.07, 6.45) is 14.5. The van der Waals surface area contributed by atoms with E-state index in [2.05, 4.69) is 16.0 Å². The van der Waals surface area contributed by atoms with Crippen LogP contribution in [0.15, 0.2) is 30.3 Å². The molecule has 170 valence electrons. The van der Waals surface area contributed by atoms with Gasteiger partial charge in [0.1, 0.15) is 6.61 Å². The first-order chi connectivity index (χ1) is 14.8. The molecule has 1 amide bonds. The van der Waals surface area contributed by atoms with Gasteiger partial charge >= 0.3 is 6.09 Å². The van der Waals surface area contributed by atoms with Gasteiger partial charge in [0.15, 0.2) is 0 Å². The normalized spacial score (nSPS) is 17.6. The molecule has 3 rings (SSSR count). The molecule has 1 aromatic rings. The van der Waals surface area contributed by atoms with E-state index in [1.54, 1.807) is 0 Å². The van der Waals surface area contributed by atoms with E-state index in [1.165, 1.54) is 77.2 Å². The minimum Gasteiger partial charge on any atom is -0.445 e. The number of hydrogen-bond acceptors (Lipinski definition) is 4. The highest BCUT2D eigenvalue weighted by Crippen LogP contribution is 2.22. The fourth-order valence-corrected chi connectivity index (χ4v) is 4.27. The first kappa shape index (κ1) is 24.7. The van der Waals surface area contributed by atoms with E-state index in [0.717, 1.165) is 24.7 Å². The molecule has 2 aliphatic carbocycles. The monoisotopic (exact) mass is 417 g/mol. The van der Waals surface area contributed by atoms with E-state index in [0.29, 0.717) is 12.5 Å². The van der Waals surface area contributed by atoms with E-state index < -0.39 is 0 Å². The molecule has 1 aromatic carbocycles. The van der Waals surface area contributed by atoms with Crippen molar-refractivity contribution in [2.75, 3.05) is 26.7 Å². The zero-order valence-electron chi connectivity index (χ0n) is 19.0. The summed E-state index contributed by atoms with van der Waals surface area (Å²) in [5, 5.41) is 9.64. The highest BCUT2D eigenvalue weighted by atomic mass is 16.5. The van der Waals surface area contributed by atoms with Crippen molar-refractivity contribution in [3.05, 3.63) is 35.9 Å². The molecule has 30 heavy (non-hydrogen) atoms.